The molecule has 1 aliphatic rings. The standard InChI is InChI=1S/C27H36ClN3O5/c1-29-24(14-19-6-5-12-35-18-19)17-31-26(32)22-9-3-7-20(15-22)25(21-8-4-10-23(28)16-21)36-13-11-30-27(33)34-2/h3-4,7-10,15-16,19,24-25,29H,5-6,11-14,17-18H2,1-2H3,(H,30,33)(H,31,32)/t19?,24-,25-/m1/s1. The number of hydrogen-bond donors (Lipinski definition) is 3. The number of carbonyl (C=O) groups is 2. The Morgan fingerprint density at radius 1 is 1.14 bits per heavy atom. The van der Waals surface area contributed by atoms with Gasteiger partial charge in [0.2, 0.25) is 0 Å². The molecule has 1 saturated heterocycles. The van der Waals surface area contributed by atoms with Gasteiger partial charge in [-0.25, -0.2) is 4.79 Å². The number of ether oxygens (including phenoxy) is 3. The first kappa shape index (κ1) is 27.9. The molecular formula is C27H36ClN3O5. The molecule has 0 aliphatic carbocycles. The molecule has 0 saturated carbocycles. The number of likely N-dealkylation sites (N-methyl/N-ethyl adjacent to an activating group) is 1. The van der Waals surface area contributed by atoms with Crippen molar-refractivity contribution in [1.82, 2.24) is 16.0 Å². The molecule has 3 rings (SSSR count). The molecule has 0 aromatic heterocycles. The molecule has 0 spiro atoms. The molecule has 2 amide bonds. The summed E-state index contributed by atoms with van der Waals surface area (Å²) >= 11 is 6.23. The minimum Gasteiger partial charge on any atom is -0.453 e. The van der Waals surface area contributed by atoms with Crippen molar-refractivity contribution in [2.45, 2.75) is 31.4 Å². The number of nitrogens with one attached hydrogen (secondary N) is 3. The van der Waals surface area contributed by atoms with E-state index in [0.29, 0.717) is 23.0 Å². The van der Waals surface area contributed by atoms with E-state index in [1.165, 1.54) is 7.11 Å². The number of rotatable bonds is 12. The third kappa shape index (κ3) is 8.78. The van der Waals surface area contributed by atoms with Gasteiger partial charge in [0.15, 0.2) is 0 Å². The molecule has 0 radical (unpaired) electrons. The van der Waals surface area contributed by atoms with Crippen molar-refractivity contribution in [2.75, 3.05) is 47.1 Å². The van der Waals surface area contributed by atoms with Crippen LogP contribution in [0.5, 0.6) is 0 Å². The molecule has 1 aliphatic heterocycles. The van der Waals surface area contributed by atoms with E-state index in [-0.39, 0.29) is 25.1 Å². The SMILES string of the molecule is CN[C@@H](CNC(=O)c1cccc([C@@H](OCCNC(=O)OC)c2cccc(Cl)c2)c1)CC1CCCOC1. The van der Waals surface area contributed by atoms with Gasteiger partial charge in [0.05, 0.1) is 13.7 Å². The Hall–Kier alpha value is -2.65. The Labute approximate surface area is 218 Å². The lowest BCUT2D eigenvalue weighted by Gasteiger charge is -2.26. The second kappa shape index (κ2) is 14.8. The first-order valence-electron chi connectivity index (χ1n) is 12.3. The third-order valence-corrected chi connectivity index (χ3v) is 6.47. The van der Waals surface area contributed by atoms with Crippen LogP contribution in [0.4, 0.5) is 4.79 Å². The van der Waals surface area contributed by atoms with Crippen LogP contribution < -0.4 is 16.0 Å². The van der Waals surface area contributed by atoms with Crippen LogP contribution in [0.2, 0.25) is 5.02 Å². The molecule has 2 aromatic carbocycles. The van der Waals surface area contributed by atoms with Gasteiger partial charge in [-0.3, -0.25) is 4.79 Å². The van der Waals surface area contributed by atoms with E-state index in [2.05, 4.69) is 20.7 Å². The summed E-state index contributed by atoms with van der Waals surface area (Å²) < 4.78 is 16.3. The van der Waals surface area contributed by atoms with Crippen LogP contribution in [0.25, 0.3) is 0 Å². The number of hydrogen-bond acceptors (Lipinski definition) is 6. The minimum absolute atomic E-state index is 0.144. The molecule has 1 unspecified atom stereocenters. The van der Waals surface area contributed by atoms with Crippen LogP contribution in [0.15, 0.2) is 48.5 Å². The zero-order valence-corrected chi connectivity index (χ0v) is 21.7. The summed E-state index contributed by atoms with van der Waals surface area (Å²) in [5, 5.41) is 9.56. The van der Waals surface area contributed by atoms with Gasteiger partial charge in [0.25, 0.3) is 5.91 Å². The van der Waals surface area contributed by atoms with Crippen LogP contribution in [-0.2, 0) is 14.2 Å². The van der Waals surface area contributed by atoms with Crippen LogP contribution in [-0.4, -0.2) is 65.1 Å². The van der Waals surface area contributed by atoms with Gasteiger partial charge >= 0.3 is 6.09 Å². The molecule has 36 heavy (non-hydrogen) atoms. The van der Waals surface area contributed by atoms with Gasteiger partial charge in [0.1, 0.15) is 6.10 Å². The highest BCUT2D eigenvalue weighted by atomic mass is 35.5. The summed E-state index contributed by atoms with van der Waals surface area (Å²) in [5.74, 6) is 0.370. The second-order valence-electron chi connectivity index (χ2n) is 8.86. The van der Waals surface area contributed by atoms with Gasteiger partial charge in [-0.15, -0.1) is 0 Å². The van der Waals surface area contributed by atoms with Gasteiger partial charge in [-0.1, -0.05) is 35.9 Å². The molecule has 196 valence electrons. The van der Waals surface area contributed by atoms with E-state index < -0.39 is 12.2 Å². The summed E-state index contributed by atoms with van der Waals surface area (Å²) in [6, 6.07) is 14.9. The predicted octanol–water partition coefficient (Wildman–Crippen LogP) is 3.94. The number of methoxy groups -OCH3 is 1. The highest BCUT2D eigenvalue weighted by Crippen LogP contribution is 2.28. The average molecular weight is 518 g/mol. The number of carbonyl (C=O) groups excluding carboxylic acids is 2. The predicted molar refractivity (Wildman–Crippen MR) is 139 cm³/mol. The fourth-order valence-electron chi connectivity index (χ4n) is 4.32. The lowest BCUT2D eigenvalue weighted by molar-refractivity contribution is 0.0478. The summed E-state index contributed by atoms with van der Waals surface area (Å²) in [6.45, 7) is 2.69. The van der Waals surface area contributed by atoms with E-state index in [0.717, 1.165) is 43.6 Å². The summed E-state index contributed by atoms with van der Waals surface area (Å²) in [5.41, 5.74) is 2.21. The molecule has 8 nitrogen and oxygen atoms in total. The van der Waals surface area contributed by atoms with Gasteiger partial charge in [-0.2, -0.15) is 0 Å². The molecule has 0 bridgehead atoms. The maximum absolute atomic E-state index is 13.0. The Balaban J connectivity index is 1.66. The lowest BCUT2D eigenvalue weighted by Crippen LogP contribution is -2.41. The van der Waals surface area contributed by atoms with Crippen LogP contribution in [0, 0.1) is 5.92 Å². The van der Waals surface area contributed by atoms with Crippen LogP contribution in [0.1, 0.15) is 46.9 Å². The number of alkyl carbamates (subject to hydrolysis) is 1. The van der Waals surface area contributed by atoms with Crippen molar-refractivity contribution in [3.05, 3.63) is 70.2 Å². The molecule has 3 N–H and O–H groups in total. The maximum atomic E-state index is 13.0. The Morgan fingerprint density at radius 3 is 2.61 bits per heavy atom. The van der Waals surface area contributed by atoms with Crippen molar-refractivity contribution < 1.29 is 23.8 Å². The summed E-state index contributed by atoms with van der Waals surface area (Å²) in [6.07, 6.45) is 2.23. The molecular weight excluding hydrogens is 482 g/mol. The highest BCUT2D eigenvalue weighted by Gasteiger charge is 2.20. The number of amides is 2. The topological polar surface area (TPSA) is 97.9 Å². The molecule has 1 fully saturated rings. The summed E-state index contributed by atoms with van der Waals surface area (Å²) in [4.78, 5) is 24.3. The smallest absolute Gasteiger partial charge is 0.406 e. The molecule has 2 aromatic rings. The van der Waals surface area contributed by atoms with E-state index in [4.69, 9.17) is 21.1 Å². The average Bonchev–Trinajstić information content (AvgIpc) is 2.91. The van der Waals surface area contributed by atoms with Gasteiger partial charge in [0, 0.05) is 42.9 Å². The quantitative estimate of drug-likeness (QED) is 0.369. The first-order valence-corrected chi connectivity index (χ1v) is 12.7. The number of benzene rings is 2. The maximum Gasteiger partial charge on any atom is 0.406 e. The van der Waals surface area contributed by atoms with Crippen molar-refractivity contribution in [2.24, 2.45) is 5.92 Å². The number of halogens is 1. The monoisotopic (exact) mass is 517 g/mol. The van der Waals surface area contributed by atoms with Crippen molar-refractivity contribution in [3.63, 3.8) is 0 Å². The van der Waals surface area contributed by atoms with E-state index in [9.17, 15) is 9.59 Å². The van der Waals surface area contributed by atoms with Crippen LogP contribution in [0.3, 0.4) is 0 Å². The fourth-order valence-corrected chi connectivity index (χ4v) is 4.52. The van der Waals surface area contributed by atoms with E-state index >= 15 is 0 Å². The third-order valence-electron chi connectivity index (χ3n) is 6.23. The molecule has 1 heterocycles. The van der Waals surface area contributed by atoms with Crippen molar-refractivity contribution >= 4 is 23.6 Å². The molecule has 9 heteroatoms. The Bertz CT molecular complexity index is 983. The van der Waals surface area contributed by atoms with Crippen molar-refractivity contribution in [3.8, 4) is 0 Å². The van der Waals surface area contributed by atoms with Crippen LogP contribution >= 0.6 is 11.6 Å². The normalized spacial score (nSPS) is 17.1. The van der Waals surface area contributed by atoms with Gasteiger partial charge in [-0.05, 0) is 67.6 Å². The zero-order chi connectivity index (χ0) is 25.8. The fraction of sp³-hybridized carbons (Fsp3) is 0.481. The Kier molecular flexibility index (Phi) is 11.5. The lowest BCUT2D eigenvalue weighted by atomic mass is 9.94. The first-order chi connectivity index (χ1) is 17.5. The van der Waals surface area contributed by atoms with E-state index in [1.54, 1.807) is 12.1 Å². The largest absolute Gasteiger partial charge is 0.453 e. The minimum atomic E-state index is -0.521. The second-order valence-corrected chi connectivity index (χ2v) is 9.30. The highest BCUT2D eigenvalue weighted by molar-refractivity contribution is 6.30. The molecule has 3 atom stereocenters. The Morgan fingerprint density at radius 2 is 1.92 bits per heavy atom. The summed E-state index contributed by atoms with van der Waals surface area (Å²) in [7, 11) is 3.23. The van der Waals surface area contributed by atoms with Crippen molar-refractivity contribution in [1.29, 1.82) is 0 Å². The van der Waals surface area contributed by atoms with E-state index in [1.807, 2.05) is 43.4 Å². The zero-order valence-electron chi connectivity index (χ0n) is 20.9. The van der Waals surface area contributed by atoms with Gasteiger partial charge < -0.3 is 30.2 Å².